The zero-order valence-corrected chi connectivity index (χ0v) is 12.5. The summed E-state index contributed by atoms with van der Waals surface area (Å²) < 4.78 is 1.44. The van der Waals surface area contributed by atoms with E-state index in [0.717, 1.165) is 0 Å². The first kappa shape index (κ1) is 15.6. The summed E-state index contributed by atoms with van der Waals surface area (Å²) >= 11 is 0. The molecule has 0 radical (unpaired) electrons. The Morgan fingerprint density at radius 3 is 2.21 bits per heavy atom. The molecule has 0 fully saturated rings. The normalized spacial score (nSPS) is 15.4. The number of carbonyl (C=O) groups is 1. The lowest BCUT2D eigenvalue weighted by Gasteiger charge is -2.28. The summed E-state index contributed by atoms with van der Waals surface area (Å²) in [7, 11) is 0. The molecule has 1 N–H and O–H groups in total. The van der Waals surface area contributed by atoms with Crippen molar-refractivity contribution in [3.8, 4) is 0 Å². The highest BCUT2D eigenvalue weighted by atomic mass is 16.3. The quantitative estimate of drug-likeness (QED) is 0.850. The minimum absolute atomic E-state index is 0.0544. The second-order valence-corrected chi connectivity index (χ2v) is 6.79. The molecule has 0 aromatic carbocycles. The molecule has 0 amide bonds. The van der Waals surface area contributed by atoms with Gasteiger partial charge in [-0.25, -0.2) is 9.67 Å². The van der Waals surface area contributed by atoms with E-state index in [-0.39, 0.29) is 5.78 Å². The zero-order chi connectivity index (χ0) is 14.8. The number of rotatable bonds is 3. The van der Waals surface area contributed by atoms with Gasteiger partial charge in [-0.05, 0) is 5.41 Å². The van der Waals surface area contributed by atoms with Crippen molar-refractivity contribution in [3.63, 3.8) is 0 Å². The summed E-state index contributed by atoms with van der Waals surface area (Å²) in [5.74, 6) is -0.0544. The molecule has 1 atom stereocenters. The molecule has 1 aromatic rings. The standard InChI is InChI=1S/C14H23N3O2/c1-13(2,3)11(18)7-10(12(19)14(4,5)6)17-9-15-8-16-17/h7-9,12,19H,1-6H3/b10-7-. The van der Waals surface area contributed by atoms with Gasteiger partial charge in [-0.3, -0.25) is 4.79 Å². The third-order valence-corrected chi connectivity index (χ3v) is 2.80. The summed E-state index contributed by atoms with van der Waals surface area (Å²) in [5.41, 5.74) is -0.440. The number of hydrogen-bond acceptors (Lipinski definition) is 4. The number of carbonyl (C=O) groups excluding carboxylic acids is 1. The van der Waals surface area contributed by atoms with Crippen LogP contribution in [0.1, 0.15) is 41.5 Å². The van der Waals surface area contributed by atoms with Gasteiger partial charge in [0, 0.05) is 11.5 Å². The predicted octanol–water partition coefficient (Wildman–Crippen LogP) is 2.14. The molecule has 0 spiro atoms. The first-order valence-corrected chi connectivity index (χ1v) is 6.32. The Kier molecular flexibility index (Phi) is 4.30. The van der Waals surface area contributed by atoms with Gasteiger partial charge < -0.3 is 5.11 Å². The molecule has 1 unspecified atom stereocenters. The van der Waals surface area contributed by atoms with Crippen molar-refractivity contribution in [2.24, 2.45) is 10.8 Å². The average Bonchev–Trinajstić information content (AvgIpc) is 2.74. The molecule has 19 heavy (non-hydrogen) atoms. The van der Waals surface area contributed by atoms with Crippen LogP contribution < -0.4 is 0 Å². The highest BCUT2D eigenvalue weighted by molar-refractivity contribution is 5.98. The molecule has 0 aliphatic heterocycles. The molecular formula is C14H23N3O2. The Morgan fingerprint density at radius 2 is 1.84 bits per heavy atom. The highest BCUT2D eigenvalue weighted by Gasteiger charge is 2.29. The molecule has 0 bridgehead atoms. The van der Waals surface area contributed by atoms with Gasteiger partial charge in [-0.1, -0.05) is 41.5 Å². The van der Waals surface area contributed by atoms with E-state index >= 15 is 0 Å². The van der Waals surface area contributed by atoms with Crippen molar-refractivity contribution in [1.29, 1.82) is 0 Å². The summed E-state index contributed by atoms with van der Waals surface area (Å²) in [4.78, 5) is 16.0. The van der Waals surface area contributed by atoms with Crippen LogP contribution in [0, 0.1) is 10.8 Å². The van der Waals surface area contributed by atoms with Gasteiger partial charge in [0.2, 0.25) is 0 Å². The van der Waals surface area contributed by atoms with Gasteiger partial charge in [0.25, 0.3) is 0 Å². The van der Waals surface area contributed by atoms with Gasteiger partial charge in [-0.2, -0.15) is 5.10 Å². The second kappa shape index (κ2) is 5.25. The van der Waals surface area contributed by atoms with Gasteiger partial charge in [0.1, 0.15) is 18.8 Å². The minimum Gasteiger partial charge on any atom is -0.386 e. The summed E-state index contributed by atoms with van der Waals surface area (Å²) in [6.07, 6.45) is 3.52. The van der Waals surface area contributed by atoms with Crippen LogP contribution in [0.25, 0.3) is 5.70 Å². The molecule has 5 nitrogen and oxygen atoms in total. The van der Waals surface area contributed by atoms with Crippen LogP contribution in [0.2, 0.25) is 0 Å². The second-order valence-electron chi connectivity index (χ2n) is 6.79. The van der Waals surface area contributed by atoms with E-state index in [2.05, 4.69) is 10.1 Å². The van der Waals surface area contributed by atoms with Gasteiger partial charge in [0.15, 0.2) is 5.78 Å². The van der Waals surface area contributed by atoms with E-state index in [1.54, 1.807) is 0 Å². The lowest BCUT2D eigenvalue weighted by Crippen LogP contribution is -2.31. The largest absolute Gasteiger partial charge is 0.386 e. The van der Waals surface area contributed by atoms with Crippen molar-refractivity contribution in [1.82, 2.24) is 14.8 Å². The van der Waals surface area contributed by atoms with Crippen molar-refractivity contribution in [3.05, 3.63) is 18.7 Å². The number of aliphatic hydroxyl groups excluding tert-OH is 1. The van der Waals surface area contributed by atoms with E-state index in [4.69, 9.17) is 0 Å². The molecule has 0 saturated carbocycles. The molecule has 1 aromatic heterocycles. The third kappa shape index (κ3) is 3.99. The Balaban J connectivity index is 3.22. The molecule has 106 valence electrons. The van der Waals surface area contributed by atoms with Crippen LogP contribution >= 0.6 is 0 Å². The maximum Gasteiger partial charge on any atom is 0.162 e. The van der Waals surface area contributed by atoms with Crippen LogP contribution in [0.15, 0.2) is 18.7 Å². The molecule has 0 aliphatic carbocycles. The summed E-state index contributed by atoms with van der Waals surface area (Å²) in [5, 5.41) is 14.4. The smallest absolute Gasteiger partial charge is 0.162 e. The van der Waals surface area contributed by atoms with Gasteiger partial charge in [0.05, 0.1) is 5.70 Å². The maximum absolute atomic E-state index is 12.2. The van der Waals surface area contributed by atoms with E-state index in [0.29, 0.717) is 5.70 Å². The van der Waals surface area contributed by atoms with Crippen LogP contribution in [0.3, 0.4) is 0 Å². The van der Waals surface area contributed by atoms with Crippen LogP contribution in [-0.4, -0.2) is 31.8 Å². The van der Waals surface area contributed by atoms with Crippen LogP contribution in [-0.2, 0) is 4.79 Å². The van der Waals surface area contributed by atoms with Gasteiger partial charge in [-0.15, -0.1) is 0 Å². The number of hydrogen-bond donors (Lipinski definition) is 1. The van der Waals surface area contributed by atoms with Gasteiger partial charge >= 0.3 is 0 Å². The van der Waals surface area contributed by atoms with Crippen molar-refractivity contribution < 1.29 is 9.90 Å². The van der Waals surface area contributed by atoms with Crippen LogP contribution in [0.4, 0.5) is 0 Å². The lowest BCUT2D eigenvalue weighted by molar-refractivity contribution is -0.121. The number of aromatic nitrogens is 3. The van der Waals surface area contributed by atoms with E-state index in [9.17, 15) is 9.90 Å². The molecule has 1 rings (SSSR count). The van der Waals surface area contributed by atoms with E-state index in [1.807, 2.05) is 41.5 Å². The van der Waals surface area contributed by atoms with E-state index in [1.165, 1.54) is 23.4 Å². The number of ketones is 1. The Morgan fingerprint density at radius 1 is 1.26 bits per heavy atom. The van der Waals surface area contributed by atoms with Crippen molar-refractivity contribution >= 4 is 11.5 Å². The number of nitrogens with zero attached hydrogens (tertiary/aromatic N) is 3. The Hall–Kier alpha value is -1.49. The predicted molar refractivity (Wildman–Crippen MR) is 74.2 cm³/mol. The molecular weight excluding hydrogens is 242 g/mol. The highest BCUT2D eigenvalue weighted by Crippen LogP contribution is 2.28. The van der Waals surface area contributed by atoms with Crippen LogP contribution in [0.5, 0.6) is 0 Å². The minimum atomic E-state index is -0.805. The number of allylic oxidation sites excluding steroid dienone is 1. The molecule has 5 heteroatoms. The molecule has 1 heterocycles. The first-order valence-electron chi connectivity index (χ1n) is 6.32. The van der Waals surface area contributed by atoms with Crippen molar-refractivity contribution in [2.45, 2.75) is 47.6 Å². The average molecular weight is 265 g/mol. The summed E-state index contributed by atoms with van der Waals surface area (Å²) in [6, 6.07) is 0. The fourth-order valence-electron chi connectivity index (χ4n) is 1.41. The Labute approximate surface area is 114 Å². The SMILES string of the molecule is CC(C)(C)C(=O)/C=C(/C(O)C(C)(C)C)n1cncn1. The van der Waals surface area contributed by atoms with Crippen molar-refractivity contribution in [2.75, 3.05) is 0 Å². The maximum atomic E-state index is 12.2. The number of aliphatic hydroxyl groups is 1. The first-order chi connectivity index (χ1) is 8.53. The summed E-state index contributed by atoms with van der Waals surface area (Å²) in [6.45, 7) is 11.2. The fraction of sp³-hybridized carbons (Fsp3) is 0.643. The fourth-order valence-corrected chi connectivity index (χ4v) is 1.41. The third-order valence-electron chi connectivity index (χ3n) is 2.80. The molecule has 0 aliphatic rings. The monoisotopic (exact) mass is 265 g/mol. The topological polar surface area (TPSA) is 68.0 Å². The molecule has 0 saturated heterocycles. The van der Waals surface area contributed by atoms with E-state index < -0.39 is 16.9 Å². The zero-order valence-electron chi connectivity index (χ0n) is 12.5. The lowest BCUT2D eigenvalue weighted by atomic mass is 9.84. The Bertz CT molecular complexity index is 462.